The minimum absolute atomic E-state index is 0.118. The van der Waals surface area contributed by atoms with E-state index in [9.17, 15) is 38.7 Å². The Morgan fingerprint density at radius 2 is 2.07 bits per heavy atom. The van der Waals surface area contributed by atoms with Crippen LogP contribution < -0.4 is 21.3 Å². The summed E-state index contributed by atoms with van der Waals surface area (Å²) < 4.78 is 41.9. The highest BCUT2D eigenvalue weighted by atomic mass is 32.2. The largest absolute Gasteiger partial charge is 0.393 e. The fraction of sp³-hybridized carbons (Fsp3) is 0.739. The van der Waals surface area contributed by atoms with Crippen LogP contribution >= 0.6 is 0 Å². The number of nitrogens with two attached hydrogens (primary N) is 1. The third kappa shape index (κ3) is 8.64. The molecule has 0 bridgehead atoms. The second-order valence-corrected chi connectivity index (χ2v) is 11.9. The number of H-pyrrole nitrogens is 1. The lowest BCUT2D eigenvalue weighted by atomic mass is 9.88. The van der Waals surface area contributed by atoms with Gasteiger partial charge < -0.3 is 55.8 Å². The Balaban J connectivity index is 1.77. The Morgan fingerprint density at radius 3 is 2.68 bits per heavy atom. The molecule has 3 heterocycles. The van der Waals surface area contributed by atoms with Crippen molar-refractivity contribution >= 4 is 16.1 Å². The average molecular weight is 609 g/mol. The van der Waals surface area contributed by atoms with Crippen LogP contribution in [0, 0.1) is 0 Å². The SMILES string of the molecule is C/C=C/[C@@H](C[C@@H]1O[C@](O)(C[C@H](C)O)C[C@H](O)[C@H]1NC(=O)NNS(=O)(=O)c1cnc[nH]1)O[C@@H]1O[C@H](C)[C@@H](O)[C@H](N)[C@@H]1O. The molecular weight excluding hydrogens is 568 g/mol. The number of urea groups is 1. The molecule has 1 aromatic heterocycles. The van der Waals surface area contributed by atoms with E-state index >= 15 is 0 Å². The van der Waals surface area contributed by atoms with Gasteiger partial charge in [0.25, 0.3) is 10.0 Å². The van der Waals surface area contributed by atoms with E-state index in [0.717, 1.165) is 12.5 Å². The summed E-state index contributed by atoms with van der Waals surface area (Å²) in [6.45, 7) is 4.69. The second-order valence-electron chi connectivity index (χ2n) is 10.3. The molecule has 0 spiro atoms. The third-order valence-electron chi connectivity index (χ3n) is 6.77. The lowest BCUT2D eigenvalue weighted by Gasteiger charge is -2.46. The Morgan fingerprint density at radius 1 is 1.37 bits per heavy atom. The molecule has 11 N–H and O–H groups in total. The maximum Gasteiger partial charge on any atom is 0.330 e. The molecule has 3 rings (SSSR count). The minimum atomic E-state index is -4.17. The van der Waals surface area contributed by atoms with Crippen molar-refractivity contribution in [3.8, 4) is 0 Å². The molecule has 1 aromatic rings. The first-order valence-corrected chi connectivity index (χ1v) is 14.5. The van der Waals surface area contributed by atoms with Gasteiger partial charge in [-0.25, -0.2) is 18.2 Å². The van der Waals surface area contributed by atoms with E-state index in [0.29, 0.717) is 0 Å². The molecule has 0 aliphatic carbocycles. The van der Waals surface area contributed by atoms with E-state index < -0.39 is 82.9 Å². The number of hydrogen-bond donors (Lipinski definition) is 10. The molecule has 0 aromatic carbocycles. The first-order valence-electron chi connectivity index (χ1n) is 13.0. The number of nitrogens with zero attached hydrogens (tertiary/aromatic N) is 1. The highest BCUT2D eigenvalue weighted by Gasteiger charge is 2.48. The molecule has 41 heavy (non-hydrogen) atoms. The van der Waals surface area contributed by atoms with Gasteiger partial charge in [0.2, 0.25) is 0 Å². The predicted octanol–water partition coefficient (Wildman–Crippen LogP) is -2.97. The summed E-state index contributed by atoms with van der Waals surface area (Å²) in [5.41, 5.74) is 7.88. The lowest BCUT2D eigenvalue weighted by molar-refractivity contribution is -0.302. The first-order chi connectivity index (χ1) is 19.2. The van der Waals surface area contributed by atoms with Crippen molar-refractivity contribution in [3.63, 3.8) is 0 Å². The van der Waals surface area contributed by atoms with Crippen LogP contribution in [-0.4, -0.2) is 117 Å². The second kappa shape index (κ2) is 13.8. The van der Waals surface area contributed by atoms with Gasteiger partial charge in [-0.1, -0.05) is 12.2 Å². The maximum atomic E-state index is 12.7. The van der Waals surface area contributed by atoms with E-state index in [1.807, 2.05) is 10.3 Å². The van der Waals surface area contributed by atoms with E-state index in [4.69, 9.17) is 19.9 Å². The number of hydrazine groups is 1. The van der Waals surface area contributed by atoms with E-state index in [1.54, 1.807) is 26.0 Å². The first kappa shape index (κ1) is 33.3. The van der Waals surface area contributed by atoms with E-state index in [2.05, 4.69) is 15.3 Å². The third-order valence-corrected chi connectivity index (χ3v) is 7.94. The number of imidazole rings is 1. The Labute approximate surface area is 237 Å². The molecule has 2 fully saturated rings. The van der Waals surface area contributed by atoms with E-state index in [1.165, 1.54) is 6.92 Å². The fourth-order valence-corrected chi connectivity index (χ4v) is 5.55. The summed E-state index contributed by atoms with van der Waals surface area (Å²) >= 11 is 0. The van der Waals surface area contributed by atoms with Gasteiger partial charge in [0.05, 0.1) is 61.2 Å². The number of hydrogen-bond acceptors (Lipinski definition) is 13. The van der Waals surface area contributed by atoms with Crippen molar-refractivity contribution in [3.05, 3.63) is 24.7 Å². The number of sulfonamides is 1. The minimum Gasteiger partial charge on any atom is -0.393 e. The standard InChI is InChI=1S/C23H40N6O11S/c1-4-5-13(39-21-20(33)17(24)19(32)12(3)38-21)6-15-18(14(31)8-23(35,40-15)7-11(2)30)27-22(34)28-29-41(36,37)16-9-25-10-26-16/h4-5,9-15,17-21,29-33,35H,6-8,24H2,1-3H3,(H,25,26)(H2,27,28,34)/b5-4+/t11-,12+,13-,14-,15-,17-,18+,19+,20-,21-,23+/m0/s1. The number of aromatic nitrogens is 2. The van der Waals surface area contributed by atoms with Gasteiger partial charge in [0.15, 0.2) is 17.1 Å². The van der Waals surface area contributed by atoms with Gasteiger partial charge in [-0.15, -0.1) is 4.83 Å². The van der Waals surface area contributed by atoms with Crippen LogP contribution in [-0.2, 0) is 24.2 Å². The summed E-state index contributed by atoms with van der Waals surface area (Å²) in [4.78, 5) is 20.5. The number of rotatable bonds is 11. The number of ether oxygens (including phenoxy) is 3. The zero-order valence-electron chi connectivity index (χ0n) is 22.8. The molecule has 2 amide bonds. The van der Waals surface area contributed by atoms with Crippen molar-refractivity contribution < 1.29 is 53.0 Å². The highest BCUT2D eigenvalue weighted by molar-refractivity contribution is 7.89. The van der Waals surface area contributed by atoms with Crippen molar-refractivity contribution in [1.82, 2.24) is 25.5 Å². The number of carbonyl (C=O) groups excluding carboxylic acids is 1. The molecule has 2 aliphatic rings. The van der Waals surface area contributed by atoms with Gasteiger partial charge in [-0.3, -0.25) is 5.43 Å². The molecular formula is C23H40N6O11S. The van der Waals surface area contributed by atoms with Gasteiger partial charge in [-0.05, 0) is 20.8 Å². The van der Waals surface area contributed by atoms with Crippen molar-refractivity contribution in [1.29, 1.82) is 0 Å². The summed E-state index contributed by atoms with van der Waals surface area (Å²) in [5.74, 6) is -1.97. The molecule has 0 saturated carbocycles. The Kier molecular flexibility index (Phi) is 11.2. The highest BCUT2D eigenvalue weighted by Crippen LogP contribution is 2.34. The molecule has 2 saturated heterocycles. The fourth-order valence-electron chi connectivity index (χ4n) is 4.80. The number of aliphatic hydroxyl groups is 5. The van der Waals surface area contributed by atoms with Crippen LogP contribution in [0.15, 0.2) is 29.7 Å². The van der Waals surface area contributed by atoms with Crippen LogP contribution in [0.2, 0.25) is 0 Å². The molecule has 2 aliphatic heterocycles. The Bertz CT molecular complexity index is 1120. The number of allylic oxidation sites excluding steroid dienone is 1. The molecule has 17 nitrogen and oxygen atoms in total. The van der Waals surface area contributed by atoms with Crippen LogP contribution in [0.1, 0.15) is 40.0 Å². The number of aliphatic hydroxyl groups excluding tert-OH is 4. The molecule has 18 heteroatoms. The molecule has 0 unspecified atom stereocenters. The quantitative estimate of drug-likeness (QED) is 0.0889. The zero-order valence-corrected chi connectivity index (χ0v) is 23.6. The van der Waals surface area contributed by atoms with Gasteiger partial charge in [0.1, 0.15) is 6.10 Å². The number of aromatic amines is 1. The summed E-state index contributed by atoms with van der Waals surface area (Å²) in [6.07, 6.45) is -4.33. The van der Waals surface area contributed by atoms with Gasteiger partial charge in [-0.2, -0.15) is 0 Å². The van der Waals surface area contributed by atoms with Crippen LogP contribution in [0.5, 0.6) is 0 Å². The number of nitrogens with one attached hydrogen (secondary N) is 4. The number of amides is 2. The van der Waals surface area contributed by atoms with Crippen molar-refractivity contribution in [2.75, 3.05) is 0 Å². The average Bonchev–Trinajstić information content (AvgIpc) is 3.43. The normalized spacial score (nSPS) is 36.1. The molecule has 0 radical (unpaired) electrons. The zero-order chi connectivity index (χ0) is 30.5. The van der Waals surface area contributed by atoms with Crippen molar-refractivity contribution in [2.45, 2.75) is 112 Å². The lowest BCUT2D eigenvalue weighted by Crippen LogP contribution is -2.64. The monoisotopic (exact) mass is 608 g/mol. The summed E-state index contributed by atoms with van der Waals surface area (Å²) in [7, 11) is -4.17. The molecule has 234 valence electrons. The van der Waals surface area contributed by atoms with Gasteiger partial charge >= 0.3 is 6.03 Å². The smallest absolute Gasteiger partial charge is 0.330 e. The maximum absolute atomic E-state index is 12.7. The summed E-state index contributed by atoms with van der Waals surface area (Å²) in [6, 6.07) is -3.30. The van der Waals surface area contributed by atoms with Crippen LogP contribution in [0.25, 0.3) is 0 Å². The van der Waals surface area contributed by atoms with Crippen molar-refractivity contribution in [2.24, 2.45) is 5.73 Å². The Hall–Kier alpha value is -2.23. The van der Waals surface area contributed by atoms with E-state index in [-0.39, 0.29) is 24.3 Å². The van der Waals surface area contributed by atoms with Gasteiger partial charge in [0, 0.05) is 19.3 Å². The molecule has 11 atom stereocenters. The predicted molar refractivity (Wildman–Crippen MR) is 140 cm³/mol. The van der Waals surface area contributed by atoms with Crippen LogP contribution in [0.3, 0.4) is 0 Å². The number of carbonyl (C=O) groups is 1. The van der Waals surface area contributed by atoms with Crippen LogP contribution in [0.4, 0.5) is 4.79 Å². The summed E-state index contributed by atoms with van der Waals surface area (Å²) in [5, 5.41) is 54.6. The topological polar surface area (TPSA) is 271 Å².